The fraction of sp³-hybridized carbons (Fsp3) is 0.632. The molecule has 0 spiro atoms. The second-order valence-electron chi connectivity index (χ2n) is 6.99. The Kier molecular flexibility index (Phi) is 6.15. The van der Waals surface area contributed by atoms with Gasteiger partial charge in [0.05, 0.1) is 19.2 Å². The number of ether oxygens (including phenoxy) is 1. The number of nitrogens with zero attached hydrogens (tertiary/aromatic N) is 3. The molecule has 1 aromatic carbocycles. The van der Waals surface area contributed by atoms with Crippen molar-refractivity contribution < 1.29 is 4.74 Å². The molecule has 2 N–H and O–H groups in total. The predicted molar refractivity (Wildman–Crippen MR) is 102 cm³/mol. The average Bonchev–Trinajstić information content (AvgIpc) is 2.63. The number of likely N-dealkylation sites (N-methyl/N-ethyl adjacent to an activating group) is 2. The maximum Gasteiger partial charge on any atom is 0.191 e. The van der Waals surface area contributed by atoms with Crippen LogP contribution < -0.4 is 15.4 Å². The van der Waals surface area contributed by atoms with Crippen LogP contribution in [0.3, 0.4) is 0 Å². The highest BCUT2D eigenvalue weighted by molar-refractivity contribution is 5.80. The number of aliphatic imine (C=N–C) groups is 1. The Morgan fingerprint density at radius 3 is 2.96 bits per heavy atom. The Morgan fingerprint density at radius 1 is 1.28 bits per heavy atom. The van der Waals surface area contributed by atoms with Crippen molar-refractivity contribution >= 4 is 5.96 Å². The van der Waals surface area contributed by atoms with Crippen LogP contribution in [-0.4, -0.2) is 75.2 Å². The van der Waals surface area contributed by atoms with Crippen molar-refractivity contribution in [2.75, 3.05) is 53.4 Å². The maximum atomic E-state index is 5.76. The first-order valence-electron chi connectivity index (χ1n) is 9.32. The number of nitrogens with one attached hydrogen (secondary N) is 2. The van der Waals surface area contributed by atoms with E-state index in [4.69, 9.17) is 9.73 Å². The fourth-order valence-corrected chi connectivity index (χ4v) is 3.47. The minimum atomic E-state index is 0.245. The minimum Gasteiger partial charge on any atom is -0.493 e. The lowest BCUT2D eigenvalue weighted by atomic mass is 10.0. The largest absolute Gasteiger partial charge is 0.493 e. The molecule has 0 aromatic heterocycles. The first-order valence-corrected chi connectivity index (χ1v) is 9.32. The van der Waals surface area contributed by atoms with E-state index in [2.05, 4.69) is 53.6 Å². The van der Waals surface area contributed by atoms with Gasteiger partial charge in [-0.2, -0.15) is 0 Å². The van der Waals surface area contributed by atoms with E-state index in [0.29, 0.717) is 6.04 Å². The molecule has 0 bridgehead atoms. The van der Waals surface area contributed by atoms with Gasteiger partial charge in [-0.25, -0.2) is 0 Å². The van der Waals surface area contributed by atoms with E-state index in [1.54, 1.807) is 0 Å². The Bertz CT molecular complexity index is 591. The average molecular weight is 345 g/mol. The molecule has 3 rings (SSSR count). The number of rotatable bonds is 4. The third-order valence-electron chi connectivity index (χ3n) is 5.05. The number of piperazine rings is 1. The molecule has 2 heterocycles. The van der Waals surface area contributed by atoms with Crippen LogP contribution in [0.2, 0.25) is 0 Å². The summed E-state index contributed by atoms with van der Waals surface area (Å²) in [6.45, 7) is 7.82. The highest BCUT2D eigenvalue weighted by Crippen LogP contribution is 2.31. The molecular weight excluding hydrogens is 314 g/mol. The fourth-order valence-electron chi connectivity index (χ4n) is 3.47. The van der Waals surface area contributed by atoms with Crippen molar-refractivity contribution in [2.24, 2.45) is 4.99 Å². The number of hydrogen-bond acceptors (Lipinski definition) is 4. The summed E-state index contributed by atoms with van der Waals surface area (Å²) in [5.41, 5.74) is 1.22. The van der Waals surface area contributed by atoms with E-state index in [1.807, 2.05) is 12.1 Å². The van der Waals surface area contributed by atoms with Gasteiger partial charge in [0.1, 0.15) is 5.75 Å². The molecular formula is C19H31N5O. The number of guanidine groups is 1. The molecule has 0 radical (unpaired) electrons. The second kappa shape index (κ2) is 8.54. The lowest BCUT2D eigenvalue weighted by Crippen LogP contribution is -2.51. The van der Waals surface area contributed by atoms with Gasteiger partial charge < -0.3 is 20.3 Å². The Morgan fingerprint density at radius 2 is 2.12 bits per heavy atom. The van der Waals surface area contributed by atoms with E-state index in [0.717, 1.165) is 57.5 Å². The van der Waals surface area contributed by atoms with Crippen molar-refractivity contribution in [1.82, 2.24) is 20.4 Å². The summed E-state index contributed by atoms with van der Waals surface area (Å²) in [5.74, 6) is 1.88. The summed E-state index contributed by atoms with van der Waals surface area (Å²) in [6, 6.07) is 8.99. The highest BCUT2D eigenvalue weighted by Gasteiger charge is 2.24. The number of para-hydroxylation sites is 1. The lowest BCUT2D eigenvalue weighted by molar-refractivity contribution is 0.119. The summed E-state index contributed by atoms with van der Waals surface area (Å²) >= 11 is 0. The van der Waals surface area contributed by atoms with Gasteiger partial charge >= 0.3 is 0 Å². The summed E-state index contributed by atoms with van der Waals surface area (Å²) < 4.78 is 5.76. The van der Waals surface area contributed by atoms with Crippen LogP contribution in [0.1, 0.15) is 24.9 Å². The van der Waals surface area contributed by atoms with Gasteiger partial charge in [0.2, 0.25) is 0 Å². The van der Waals surface area contributed by atoms with Crippen LogP contribution in [0.4, 0.5) is 0 Å². The zero-order valence-corrected chi connectivity index (χ0v) is 15.7. The molecule has 0 saturated carbocycles. The van der Waals surface area contributed by atoms with Gasteiger partial charge in [-0.1, -0.05) is 18.2 Å². The second-order valence-corrected chi connectivity index (χ2v) is 6.99. The van der Waals surface area contributed by atoms with Crippen LogP contribution in [-0.2, 0) is 0 Å². The molecule has 2 atom stereocenters. The number of fused-ring (bicyclic) bond motifs is 1. The molecule has 6 nitrogen and oxygen atoms in total. The smallest absolute Gasteiger partial charge is 0.191 e. The zero-order chi connectivity index (χ0) is 17.6. The molecule has 1 aromatic rings. The zero-order valence-electron chi connectivity index (χ0n) is 15.7. The molecule has 0 amide bonds. The van der Waals surface area contributed by atoms with Crippen LogP contribution >= 0.6 is 0 Å². The van der Waals surface area contributed by atoms with E-state index in [1.165, 1.54) is 5.56 Å². The topological polar surface area (TPSA) is 52.1 Å². The summed E-state index contributed by atoms with van der Waals surface area (Å²) in [4.78, 5) is 9.67. The minimum absolute atomic E-state index is 0.245. The summed E-state index contributed by atoms with van der Waals surface area (Å²) in [6.07, 6.45) is 0.952. The van der Waals surface area contributed by atoms with E-state index >= 15 is 0 Å². The summed E-state index contributed by atoms with van der Waals surface area (Å²) in [7, 11) is 4.38. The number of hydrogen-bond donors (Lipinski definition) is 2. The predicted octanol–water partition coefficient (Wildman–Crippen LogP) is 1.31. The molecule has 1 saturated heterocycles. The van der Waals surface area contributed by atoms with Crippen LogP contribution in [0.5, 0.6) is 5.75 Å². The van der Waals surface area contributed by atoms with Gasteiger partial charge in [0, 0.05) is 44.2 Å². The van der Waals surface area contributed by atoms with Crippen LogP contribution in [0.25, 0.3) is 0 Å². The van der Waals surface area contributed by atoms with Gasteiger partial charge in [0.25, 0.3) is 0 Å². The van der Waals surface area contributed by atoms with Crippen molar-refractivity contribution in [3.63, 3.8) is 0 Å². The quantitative estimate of drug-likeness (QED) is 0.637. The molecule has 2 aliphatic heterocycles. The molecule has 1 fully saturated rings. The Hall–Kier alpha value is -1.79. The van der Waals surface area contributed by atoms with Crippen molar-refractivity contribution in [3.05, 3.63) is 29.8 Å². The lowest BCUT2D eigenvalue weighted by Gasteiger charge is -2.37. The molecule has 0 aliphatic carbocycles. The first-order chi connectivity index (χ1) is 12.2. The Labute approximate surface area is 151 Å². The third kappa shape index (κ3) is 4.64. The van der Waals surface area contributed by atoms with E-state index < -0.39 is 0 Å². The SMILES string of the molecule is CCNC(=NCC1CN(C)CCN1C)NC1CCOc2ccccc21. The third-order valence-corrected chi connectivity index (χ3v) is 5.05. The van der Waals surface area contributed by atoms with Gasteiger partial charge in [-0.3, -0.25) is 9.89 Å². The maximum absolute atomic E-state index is 5.76. The molecule has 2 unspecified atom stereocenters. The van der Waals surface area contributed by atoms with E-state index in [9.17, 15) is 0 Å². The summed E-state index contributed by atoms with van der Waals surface area (Å²) in [5, 5.41) is 7.00. The van der Waals surface area contributed by atoms with Gasteiger partial charge in [-0.15, -0.1) is 0 Å². The molecule has 6 heteroatoms. The van der Waals surface area contributed by atoms with Gasteiger partial charge in [0.15, 0.2) is 5.96 Å². The van der Waals surface area contributed by atoms with Crippen LogP contribution in [0.15, 0.2) is 29.3 Å². The highest BCUT2D eigenvalue weighted by atomic mass is 16.5. The van der Waals surface area contributed by atoms with Crippen molar-refractivity contribution in [2.45, 2.75) is 25.4 Å². The van der Waals surface area contributed by atoms with Crippen molar-refractivity contribution in [3.8, 4) is 5.75 Å². The standard InChI is InChI=1S/C19H31N5O/c1-4-20-19(21-13-15-14-23(2)10-11-24(15)3)22-17-9-12-25-18-8-6-5-7-16(17)18/h5-8,15,17H,4,9-14H2,1-3H3,(H2,20,21,22). The normalized spacial score (nSPS) is 25.2. The monoisotopic (exact) mass is 345 g/mol. The van der Waals surface area contributed by atoms with Crippen molar-refractivity contribution in [1.29, 1.82) is 0 Å². The molecule has 2 aliphatic rings. The molecule has 138 valence electrons. The van der Waals surface area contributed by atoms with Crippen LogP contribution in [0, 0.1) is 0 Å². The van der Waals surface area contributed by atoms with E-state index in [-0.39, 0.29) is 6.04 Å². The number of benzene rings is 1. The molecule has 25 heavy (non-hydrogen) atoms. The Balaban J connectivity index is 1.67. The first kappa shape index (κ1) is 18.0. The van der Waals surface area contributed by atoms with Gasteiger partial charge in [-0.05, 0) is 27.1 Å².